The summed E-state index contributed by atoms with van der Waals surface area (Å²) in [5.41, 5.74) is 4.38. The minimum atomic E-state index is -0.255. The third-order valence-electron chi connectivity index (χ3n) is 4.76. The first-order chi connectivity index (χ1) is 14.7. The predicted octanol–water partition coefficient (Wildman–Crippen LogP) is 3.67. The zero-order valence-corrected chi connectivity index (χ0v) is 16.5. The molecule has 7 nitrogen and oxygen atoms in total. The molecule has 1 saturated heterocycles. The van der Waals surface area contributed by atoms with E-state index in [1.54, 1.807) is 0 Å². The molecular formula is C23H23N5O2. The Labute approximate surface area is 175 Å². The largest absolute Gasteiger partial charge is 0.371 e. The third-order valence-corrected chi connectivity index (χ3v) is 4.76. The van der Waals surface area contributed by atoms with Crippen LogP contribution < -0.4 is 16.0 Å². The average molecular weight is 401 g/mol. The maximum atomic E-state index is 11.5. The Hall–Kier alpha value is -3.55. The average Bonchev–Trinajstić information content (AvgIpc) is 2.80. The van der Waals surface area contributed by atoms with E-state index in [2.05, 4.69) is 44.6 Å². The summed E-state index contributed by atoms with van der Waals surface area (Å²) in [4.78, 5) is 20.2. The molecule has 1 unspecified atom stereocenters. The Morgan fingerprint density at radius 1 is 1.13 bits per heavy atom. The number of aromatic nitrogens is 2. The van der Waals surface area contributed by atoms with Gasteiger partial charge in [0.15, 0.2) is 0 Å². The van der Waals surface area contributed by atoms with E-state index in [0.29, 0.717) is 11.5 Å². The van der Waals surface area contributed by atoms with Gasteiger partial charge in [0, 0.05) is 36.1 Å². The molecule has 4 rings (SSSR count). The van der Waals surface area contributed by atoms with Crippen LogP contribution in [0.1, 0.15) is 11.7 Å². The first kappa shape index (κ1) is 19.8. The van der Waals surface area contributed by atoms with Crippen molar-refractivity contribution >= 4 is 23.1 Å². The van der Waals surface area contributed by atoms with Crippen LogP contribution >= 0.6 is 0 Å². The highest BCUT2D eigenvalue weighted by molar-refractivity contribution is 5.99. The van der Waals surface area contributed by atoms with Crippen molar-refractivity contribution in [3.63, 3.8) is 0 Å². The number of carbonyl (C=O) groups is 1. The van der Waals surface area contributed by atoms with Crippen molar-refractivity contribution in [2.24, 2.45) is 0 Å². The van der Waals surface area contributed by atoms with E-state index in [9.17, 15) is 4.79 Å². The number of anilines is 3. The minimum absolute atomic E-state index is 0.0901. The van der Waals surface area contributed by atoms with Crippen LogP contribution in [0.25, 0.3) is 11.3 Å². The normalized spacial score (nSPS) is 15.9. The molecule has 1 fully saturated rings. The summed E-state index contributed by atoms with van der Waals surface area (Å²) in [6.45, 7) is 5.92. The number of nitrogens with one attached hydrogen (secondary N) is 3. The zero-order chi connectivity index (χ0) is 20.8. The maximum absolute atomic E-state index is 11.5. The number of carbonyl (C=O) groups excluding carboxylic acids is 1. The lowest BCUT2D eigenvalue weighted by molar-refractivity contribution is -0.111. The molecule has 0 saturated carbocycles. The molecule has 2 aromatic carbocycles. The van der Waals surface area contributed by atoms with Crippen LogP contribution in [0.5, 0.6) is 0 Å². The molecule has 2 heterocycles. The molecule has 30 heavy (non-hydrogen) atoms. The molecule has 0 aliphatic carbocycles. The van der Waals surface area contributed by atoms with Crippen molar-refractivity contribution in [3.8, 4) is 11.3 Å². The van der Waals surface area contributed by atoms with Crippen molar-refractivity contribution in [1.29, 1.82) is 0 Å². The summed E-state index contributed by atoms with van der Waals surface area (Å²) >= 11 is 0. The van der Waals surface area contributed by atoms with Gasteiger partial charge in [-0.25, -0.2) is 9.97 Å². The van der Waals surface area contributed by atoms with Crippen molar-refractivity contribution in [1.82, 2.24) is 15.3 Å². The van der Waals surface area contributed by atoms with E-state index < -0.39 is 0 Å². The van der Waals surface area contributed by atoms with Gasteiger partial charge in [-0.2, -0.15) is 0 Å². The van der Waals surface area contributed by atoms with Gasteiger partial charge in [-0.1, -0.05) is 30.8 Å². The molecule has 0 bridgehead atoms. The summed E-state index contributed by atoms with van der Waals surface area (Å²) in [5, 5.41) is 9.41. The molecule has 1 amide bonds. The first-order valence-electron chi connectivity index (χ1n) is 9.76. The Morgan fingerprint density at radius 2 is 2.00 bits per heavy atom. The van der Waals surface area contributed by atoms with Gasteiger partial charge in [0.2, 0.25) is 5.91 Å². The molecule has 3 N–H and O–H groups in total. The Morgan fingerprint density at radius 3 is 2.77 bits per heavy atom. The zero-order valence-electron chi connectivity index (χ0n) is 16.5. The number of morpholine rings is 1. The SMILES string of the molecule is C=CC(=O)Nc1cccc(-c2cc(Nc3ccc(C4CNCCO4)cc3)ncn2)c1. The maximum Gasteiger partial charge on any atom is 0.247 e. The fourth-order valence-corrected chi connectivity index (χ4v) is 3.24. The standard InChI is InChI=1S/C23H23N5O2/c1-2-23(29)28-19-5-3-4-17(12-19)20-13-22(26-15-25-20)27-18-8-6-16(7-9-18)21-14-24-10-11-30-21/h2-9,12-13,15,21,24H,1,10-11,14H2,(H,28,29)(H,25,26,27). The van der Waals surface area contributed by atoms with Crippen molar-refractivity contribution in [2.45, 2.75) is 6.10 Å². The minimum Gasteiger partial charge on any atom is -0.371 e. The third kappa shape index (κ3) is 4.89. The summed E-state index contributed by atoms with van der Waals surface area (Å²) in [5.74, 6) is 0.430. The fourth-order valence-electron chi connectivity index (χ4n) is 3.24. The van der Waals surface area contributed by atoms with Crippen LogP contribution in [0, 0.1) is 0 Å². The topological polar surface area (TPSA) is 88.2 Å². The lowest BCUT2D eigenvalue weighted by atomic mass is 10.1. The predicted molar refractivity (Wildman–Crippen MR) is 118 cm³/mol. The van der Waals surface area contributed by atoms with Gasteiger partial charge in [0.05, 0.1) is 18.4 Å². The second-order valence-corrected chi connectivity index (χ2v) is 6.87. The van der Waals surface area contributed by atoms with Crippen LogP contribution in [-0.4, -0.2) is 35.6 Å². The highest BCUT2D eigenvalue weighted by Gasteiger charge is 2.15. The van der Waals surface area contributed by atoms with Gasteiger partial charge in [-0.3, -0.25) is 4.79 Å². The number of ether oxygens (including phenoxy) is 1. The van der Waals surface area contributed by atoms with E-state index in [0.717, 1.165) is 42.2 Å². The highest BCUT2D eigenvalue weighted by Crippen LogP contribution is 2.25. The summed E-state index contributed by atoms with van der Waals surface area (Å²) < 4.78 is 5.79. The van der Waals surface area contributed by atoms with Crippen molar-refractivity contribution in [3.05, 3.63) is 79.1 Å². The number of amides is 1. The van der Waals surface area contributed by atoms with Gasteiger partial charge in [-0.15, -0.1) is 0 Å². The number of benzene rings is 2. The van der Waals surface area contributed by atoms with Crippen molar-refractivity contribution in [2.75, 3.05) is 30.3 Å². The number of rotatable bonds is 6. The molecule has 0 radical (unpaired) electrons. The van der Waals surface area contributed by atoms with Gasteiger partial charge in [-0.05, 0) is 35.9 Å². The molecule has 3 aromatic rings. The van der Waals surface area contributed by atoms with Crippen LogP contribution in [0.15, 0.2) is 73.6 Å². The fraction of sp³-hybridized carbons (Fsp3) is 0.174. The second-order valence-electron chi connectivity index (χ2n) is 6.87. The number of nitrogens with zero attached hydrogens (tertiary/aromatic N) is 2. The van der Waals surface area contributed by atoms with Gasteiger partial charge >= 0.3 is 0 Å². The van der Waals surface area contributed by atoms with Crippen LogP contribution in [0.4, 0.5) is 17.2 Å². The number of hydrogen-bond acceptors (Lipinski definition) is 6. The van der Waals surface area contributed by atoms with Gasteiger partial charge in [0.1, 0.15) is 12.1 Å². The smallest absolute Gasteiger partial charge is 0.247 e. The quantitative estimate of drug-likeness (QED) is 0.546. The summed E-state index contributed by atoms with van der Waals surface area (Å²) in [6, 6.07) is 17.5. The number of hydrogen-bond donors (Lipinski definition) is 3. The van der Waals surface area contributed by atoms with Crippen LogP contribution in [0.2, 0.25) is 0 Å². The van der Waals surface area contributed by atoms with Gasteiger partial charge in [0.25, 0.3) is 0 Å². The molecule has 152 valence electrons. The lowest BCUT2D eigenvalue weighted by Crippen LogP contribution is -2.33. The van der Waals surface area contributed by atoms with E-state index in [1.165, 1.54) is 12.4 Å². The van der Waals surface area contributed by atoms with E-state index in [-0.39, 0.29) is 12.0 Å². The second kappa shape index (κ2) is 9.30. The Kier molecular flexibility index (Phi) is 6.12. The summed E-state index contributed by atoms with van der Waals surface area (Å²) in [7, 11) is 0. The summed E-state index contributed by atoms with van der Waals surface area (Å²) in [6.07, 6.45) is 2.84. The van der Waals surface area contributed by atoms with E-state index in [1.807, 2.05) is 42.5 Å². The Balaban J connectivity index is 1.48. The van der Waals surface area contributed by atoms with Crippen LogP contribution in [-0.2, 0) is 9.53 Å². The van der Waals surface area contributed by atoms with Crippen molar-refractivity contribution < 1.29 is 9.53 Å². The first-order valence-corrected chi connectivity index (χ1v) is 9.76. The molecule has 1 atom stereocenters. The molecule has 1 aliphatic heterocycles. The molecule has 1 aliphatic rings. The van der Waals surface area contributed by atoms with E-state index >= 15 is 0 Å². The van der Waals surface area contributed by atoms with Gasteiger partial charge < -0.3 is 20.7 Å². The molecule has 1 aromatic heterocycles. The monoisotopic (exact) mass is 401 g/mol. The lowest BCUT2D eigenvalue weighted by Gasteiger charge is -2.24. The Bertz CT molecular complexity index is 1030. The van der Waals surface area contributed by atoms with Crippen LogP contribution in [0.3, 0.4) is 0 Å². The van der Waals surface area contributed by atoms with E-state index in [4.69, 9.17) is 4.74 Å². The molecular weight excluding hydrogens is 378 g/mol. The molecule has 7 heteroatoms. The molecule has 0 spiro atoms. The highest BCUT2D eigenvalue weighted by atomic mass is 16.5.